The number of nitrogens with zero attached hydrogens (tertiary/aromatic N) is 3. The van der Waals surface area contributed by atoms with E-state index in [1.54, 1.807) is 0 Å². The first-order valence-electron chi connectivity index (χ1n) is 8.21. The highest BCUT2D eigenvalue weighted by Gasteiger charge is 2.17. The monoisotopic (exact) mass is 298 g/mol. The summed E-state index contributed by atoms with van der Waals surface area (Å²) >= 11 is 0. The number of aromatic nitrogens is 2. The maximum Gasteiger partial charge on any atom is 0.0596 e. The minimum Gasteiger partial charge on any atom is -0.370 e. The van der Waals surface area contributed by atoms with E-state index in [9.17, 15) is 0 Å². The maximum atomic E-state index is 4.53. The number of fused-ring (bicyclic) bond motifs is 1. The lowest BCUT2D eigenvalue weighted by Gasteiger charge is -2.21. The van der Waals surface area contributed by atoms with Crippen LogP contribution in [0.15, 0.2) is 30.3 Å². The van der Waals surface area contributed by atoms with Gasteiger partial charge in [-0.25, -0.2) is 0 Å². The summed E-state index contributed by atoms with van der Waals surface area (Å²) in [6, 6.07) is 11.3. The van der Waals surface area contributed by atoms with Crippen molar-refractivity contribution in [3.63, 3.8) is 0 Å². The minimum atomic E-state index is 0.427. The van der Waals surface area contributed by atoms with Crippen LogP contribution in [0.3, 0.4) is 0 Å². The van der Waals surface area contributed by atoms with Gasteiger partial charge in [0.2, 0.25) is 0 Å². The average Bonchev–Trinajstić information content (AvgIpc) is 3.03. The summed E-state index contributed by atoms with van der Waals surface area (Å²) in [5.74, 6) is 0. The maximum absolute atomic E-state index is 4.53. The van der Waals surface area contributed by atoms with E-state index in [-0.39, 0.29) is 0 Å². The predicted octanol–water partition coefficient (Wildman–Crippen LogP) is 2.54. The Morgan fingerprint density at radius 3 is 2.86 bits per heavy atom. The van der Waals surface area contributed by atoms with Crippen LogP contribution in [-0.2, 0) is 13.0 Å². The molecule has 0 aliphatic carbocycles. The summed E-state index contributed by atoms with van der Waals surface area (Å²) < 4.78 is 2.10. The van der Waals surface area contributed by atoms with Gasteiger partial charge in [-0.2, -0.15) is 5.10 Å². The Hall–Kier alpha value is -1.81. The quantitative estimate of drug-likeness (QED) is 0.889. The van der Waals surface area contributed by atoms with Crippen molar-refractivity contribution in [2.75, 3.05) is 24.5 Å². The summed E-state index contributed by atoms with van der Waals surface area (Å²) in [4.78, 5) is 2.48. The first-order chi connectivity index (χ1) is 10.6. The Balaban J connectivity index is 1.46. The molecule has 2 aromatic rings. The van der Waals surface area contributed by atoms with Crippen LogP contribution in [0.5, 0.6) is 0 Å². The minimum absolute atomic E-state index is 0.427. The van der Waals surface area contributed by atoms with Crippen LogP contribution >= 0.6 is 0 Å². The Kier molecular flexibility index (Phi) is 4.48. The molecule has 4 heteroatoms. The number of hydrogen-bond acceptors (Lipinski definition) is 3. The standard InChI is InChI=1S/C18H26N4/c1-14-12-16(3)22(20-14)13-15(2)19-9-11-21-10-8-17-6-4-5-7-18(17)21/h4-7,12,15,19H,8-11,13H2,1-3H3/t15-/m1/s1. The zero-order valence-corrected chi connectivity index (χ0v) is 13.8. The molecule has 2 heterocycles. The molecule has 0 amide bonds. The van der Waals surface area contributed by atoms with Gasteiger partial charge in [-0.15, -0.1) is 0 Å². The SMILES string of the molecule is Cc1cc(C)n(C[C@@H](C)NCCN2CCc3ccccc32)n1. The van der Waals surface area contributed by atoms with E-state index < -0.39 is 0 Å². The highest BCUT2D eigenvalue weighted by atomic mass is 15.3. The van der Waals surface area contributed by atoms with Crippen molar-refractivity contribution < 1.29 is 0 Å². The second-order valence-corrected chi connectivity index (χ2v) is 6.33. The molecule has 1 N–H and O–H groups in total. The van der Waals surface area contributed by atoms with Crippen molar-refractivity contribution in [3.8, 4) is 0 Å². The van der Waals surface area contributed by atoms with Crippen LogP contribution in [-0.4, -0.2) is 35.5 Å². The van der Waals surface area contributed by atoms with Crippen LogP contribution in [0.2, 0.25) is 0 Å². The van der Waals surface area contributed by atoms with Crippen molar-refractivity contribution >= 4 is 5.69 Å². The first kappa shape index (κ1) is 15.1. The summed E-state index contributed by atoms with van der Waals surface area (Å²) in [5, 5.41) is 8.15. The molecular weight excluding hydrogens is 272 g/mol. The molecule has 0 unspecified atom stereocenters. The van der Waals surface area contributed by atoms with Crippen LogP contribution in [0.4, 0.5) is 5.69 Å². The van der Waals surface area contributed by atoms with E-state index in [1.807, 2.05) is 6.92 Å². The Bertz CT molecular complexity index is 632. The highest BCUT2D eigenvalue weighted by Crippen LogP contribution is 2.26. The lowest BCUT2D eigenvalue weighted by Crippen LogP contribution is -2.37. The molecule has 3 rings (SSSR count). The Morgan fingerprint density at radius 2 is 2.09 bits per heavy atom. The van der Waals surface area contributed by atoms with E-state index in [1.165, 1.54) is 23.4 Å². The summed E-state index contributed by atoms with van der Waals surface area (Å²) in [6.07, 6.45) is 1.18. The van der Waals surface area contributed by atoms with E-state index in [2.05, 4.69) is 64.2 Å². The van der Waals surface area contributed by atoms with Crippen LogP contribution in [0.1, 0.15) is 23.9 Å². The normalized spacial score (nSPS) is 15.1. The van der Waals surface area contributed by atoms with Gasteiger partial charge in [0.25, 0.3) is 0 Å². The summed E-state index contributed by atoms with van der Waals surface area (Å²) in [6.45, 7) is 10.5. The molecule has 0 spiro atoms. The van der Waals surface area contributed by atoms with Crippen LogP contribution in [0.25, 0.3) is 0 Å². The number of aryl methyl sites for hydroxylation is 2. The molecule has 0 radical (unpaired) electrons. The molecule has 0 saturated heterocycles. The zero-order chi connectivity index (χ0) is 15.5. The van der Waals surface area contributed by atoms with Gasteiger partial charge in [-0.05, 0) is 44.9 Å². The smallest absolute Gasteiger partial charge is 0.0596 e. The van der Waals surface area contributed by atoms with Crippen molar-refractivity contribution in [2.24, 2.45) is 0 Å². The molecular formula is C18H26N4. The van der Waals surface area contributed by atoms with Crippen molar-refractivity contribution in [3.05, 3.63) is 47.3 Å². The Morgan fingerprint density at radius 1 is 1.27 bits per heavy atom. The van der Waals surface area contributed by atoms with Gasteiger partial charge in [-0.3, -0.25) is 4.68 Å². The second kappa shape index (κ2) is 6.53. The van der Waals surface area contributed by atoms with Gasteiger partial charge < -0.3 is 10.2 Å². The third kappa shape index (κ3) is 3.33. The third-order valence-corrected chi connectivity index (χ3v) is 4.41. The number of para-hydroxylation sites is 1. The van der Waals surface area contributed by atoms with Gasteiger partial charge in [0.1, 0.15) is 0 Å². The van der Waals surface area contributed by atoms with Gasteiger partial charge in [0, 0.05) is 37.1 Å². The summed E-state index contributed by atoms with van der Waals surface area (Å²) in [5.41, 5.74) is 5.23. The zero-order valence-electron chi connectivity index (χ0n) is 13.8. The number of rotatable bonds is 6. The molecule has 118 valence electrons. The lowest BCUT2D eigenvalue weighted by molar-refractivity contribution is 0.447. The largest absolute Gasteiger partial charge is 0.370 e. The predicted molar refractivity (Wildman–Crippen MR) is 91.5 cm³/mol. The third-order valence-electron chi connectivity index (χ3n) is 4.41. The fourth-order valence-electron chi connectivity index (χ4n) is 3.27. The fraction of sp³-hybridized carbons (Fsp3) is 0.500. The Labute approximate surface area is 133 Å². The summed E-state index contributed by atoms with van der Waals surface area (Å²) in [7, 11) is 0. The fourth-order valence-corrected chi connectivity index (χ4v) is 3.27. The molecule has 1 aromatic heterocycles. The number of hydrogen-bond donors (Lipinski definition) is 1. The van der Waals surface area contributed by atoms with E-state index >= 15 is 0 Å². The van der Waals surface area contributed by atoms with Gasteiger partial charge >= 0.3 is 0 Å². The molecule has 0 saturated carbocycles. The number of anilines is 1. The van der Waals surface area contributed by atoms with E-state index in [4.69, 9.17) is 0 Å². The second-order valence-electron chi connectivity index (χ2n) is 6.33. The molecule has 1 aliphatic heterocycles. The molecule has 0 fully saturated rings. The van der Waals surface area contributed by atoms with Gasteiger partial charge in [-0.1, -0.05) is 18.2 Å². The van der Waals surface area contributed by atoms with Crippen LogP contribution < -0.4 is 10.2 Å². The average molecular weight is 298 g/mol. The van der Waals surface area contributed by atoms with E-state index in [0.717, 1.165) is 31.9 Å². The molecule has 1 aromatic carbocycles. The molecule has 1 aliphatic rings. The lowest BCUT2D eigenvalue weighted by atomic mass is 10.2. The van der Waals surface area contributed by atoms with Gasteiger partial charge in [0.05, 0.1) is 12.2 Å². The first-order valence-corrected chi connectivity index (χ1v) is 8.21. The number of nitrogens with one attached hydrogen (secondary N) is 1. The topological polar surface area (TPSA) is 33.1 Å². The van der Waals surface area contributed by atoms with Gasteiger partial charge in [0.15, 0.2) is 0 Å². The van der Waals surface area contributed by atoms with Crippen LogP contribution in [0, 0.1) is 13.8 Å². The highest BCUT2D eigenvalue weighted by molar-refractivity contribution is 5.57. The number of benzene rings is 1. The molecule has 4 nitrogen and oxygen atoms in total. The van der Waals surface area contributed by atoms with Crippen molar-refractivity contribution in [1.29, 1.82) is 0 Å². The molecule has 0 bridgehead atoms. The van der Waals surface area contributed by atoms with E-state index in [0.29, 0.717) is 6.04 Å². The molecule has 22 heavy (non-hydrogen) atoms. The van der Waals surface area contributed by atoms with Crippen molar-refractivity contribution in [1.82, 2.24) is 15.1 Å². The molecule has 1 atom stereocenters. The van der Waals surface area contributed by atoms with Crippen molar-refractivity contribution in [2.45, 2.75) is 39.8 Å².